The van der Waals surface area contributed by atoms with E-state index in [0.717, 1.165) is 24.3 Å². The molecule has 27 heavy (non-hydrogen) atoms. The first-order valence-corrected chi connectivity index (χ1v) is 7.86. The quantitative estimate of drug-likeness (QED) is 0.570. The van der Waals surface area contributed by atoms with Crippen LogP contribution >= 0.6 is 0 Å². The van der Waals surface area contributed by atoms with Gasteiger partial charge in [-0.25, -0.2) is 4.39 Å². The highest BCUT2D eigenvalue weighted by Gasteiger charge is 2.30. The second-order valence-corrected chi connectivity index (χ2v) is 5.41. The van der Waals surface area contributed by atoms with E-state index in [9.17, 15) is 27.2 Å². The molecule has 2 aromatic carbocycles. The summed E-state index contributed by atoms with van der Waals surface area (Å²) < 4.78 is 55.7. The zero-order chi connectivity index (χ0) is 19.9. The topological polar surface area (TPSA) is 67.4 Å². The number of carbonyl (C=O) groups is 2. The third-order valence-corrected chi connectivity index (χ3v) is 3.37. The van der Waals surface area contributed by atoms with E-state index in [2.05, 4.69) is 10.6 Å². The van der Waals surface area contributed by atoms with E-state index in [1.807, 2.05) is 0 Å². The molecule has 0 bridgehead atoms. The molecule has 5 nitrogen and oxygen atoms in total. The van der Waals surface area contributed by atoms with Crippen LogP contribution in [0.25, 0.3) is 0 Å². The Morgan fingerprint density at radius 2 is 1.70 bits per heavy atom. The highest BCUT2D eigenvalue weighted by molar-refractivity contribution is 5.96. The minimum absolute atomic E-state index is 0.0312. The zero-order valence-corrected chi connectivity index (χ0v) is 14.0. The first kappa shape index (κ1) is 20.2. The van der Waals surface area contributed by atoms with Crippen LogP contribution in [0.2, 0.25) is 0 Å². The second-order valence-electron chi connectivity index (χ2n) is 5.41. The SMILES string of the molecule is O=C(CNC(=O)c1ccc(F)cc1)NCCOc1cccc(C(F)(F)F)c1. The van der Waals surface area contributed by atoms with Crippen molar-refractivity contribution in [2.45, 2.75) is 6.18 Å². The third-order valence-electron chi connectivity index (χ3n) is 3.37. The van der Waals surface area contributed by atoms with E-state index in [1.54, 1.807) is 0 Å². The summed E-state index contributed by atoms with van der Waals surface area (Å²) in [5.74, 6) is -1.49. The Bertz CT molecular complexity index is 792. The fourth-order valence-electron chi connectivity index (χ4n) is 2.05. The molecule has 0 fully saturated rings. The number of benzene rings is 2. The first-order chi connectivity index (χ1) is 12.8. The molecule has 2 amide bonds. The van der Waals surface area contributed by atoms with Gasteiger partial charge in [-0.2, -0.15) is 13.2 Å². The van der Waals surface area contributed by atoms with E-state index in [-0.39, 0.29) is 31.0 Å². The minimum atomic E-state index is -4.46. The van der Waals surface area contributed by atoms with Crippen molar-refractivity contribution in [3.05, 3.63) is 65.5 Å². The summed E-state index contributed by atoms with van der Waals surface area (Å²) in [4.78, 5) is 23.4. The van der Waals surface area contributed by atoms with Crippen LogP contribution in [0.4, 0.5) is 17.6 Å². The summed E-state index contributed by atoms with van der Waals surface area (Å²) in [7, 11) is 0. The number of rotatable bonds is 7. The predicted octanol–water partition coefficient (Wildman–Crippen LogP) is 2.77. The third kappa shape index (κ3) is 6.61. The van der Waals surface area contributed by atoms with Crippen molar-refractivity contribution in [3.8, 4) is 5.75 Å². The Labute approximate surface area is 152 Å². The maximum atomic E-state index is 12.8. The summed E-state index contributed by atoms with van der Waals surface area (Å²) in [5.41, 5.74) is -0.621. The molecule has 144 valence electrons. The normalized spacial score (nSPS) is 11.0. The number of nitrogens with one attached hydrogen (secondary N) is 2. The van der Waals surface area contributed by atoms with Gasteiger partial charge in [0.15, 0.2) is 0 Å². The summed E-state index contributed by atoms with van der Waals surface area (Å²) in [5, 5.41) is 4.81. The molecule has 9 heteroatoms. The molecule has 2 aromatic rings. The molecule has 2 N–H and O–H groups in total. The average molecular weight is 384 g/mol. The smallest absolute Gasteiger partial charge is 0.416 e. The number of halogens is 4. The van der Waals surface area contributed by atoms with Crippen molar-refractivity contribution in [2.24, 2.45) is 0 Å². The summed E-state index contributed by atoms with van der Waals surface area (Å²) in [6.07, 6.45) is -4.46. The second kappa shape index (κ2) is 9.02. The van der Waals surface area contributed by atoms with Crippen molar-refractivity contribution in [1.82, 2.24) is 10.6 Å². The van der Waals surface area contributed by atoms with Gasteiger partial charge in [0.2, 0.25) is 5.91 Å². The molecule has 0 aliphatic rings. The van der Waals surface area contributed by atoms with Gasteiger partial charge in [-0.1, -0.05) is 6.07 Å². The van der Waals surface area contributed by atoms with Crippen LogP contribution in [0.1, 0.15) is 15.9 Å². The summed E-state index contributed by atoms with van der Waals surface area (Å²) >= 11 is 0. The Hall–Kier alpha value is -3.10. The van der Waals surface area contributed by atoms with Crippen LogP contribution in [0.15, 0.2) is 48.5 Å². The van der Waals surface area contributed by atoms with Crippen LogP contribution in [0, 0.1) is 5.82 Å². The van der Waals surface area contributed by atoms with Gasteiger partial charge in [0.05, 0.1) is 18.7 Å². The number of ether oxygens (including phenoxy) is 1. The minimum Gasteiger partial charge on any atom is -0.492 e. The maximum absolute atomic E-state index is 12.8. The van der Waals surface area contributed by atoms with E-state index >= 15 is 0 Å². The monoisotopic (exact) mass is 384 g/mol. The van der Waals surface area contributed by atoms with Crippen molar-refractivity contribution in [1.29, 1.82) is 0 Å². The molecule has 0 saturated heterocycles. The lowest BCUT2D eigenvalue weighted by Crippen LogP contribution is -2.38. The Morgan fingerprint density at radius 1 is 1.00 bits per heavy atom. The van der Waals surface area contributed by atoms with Gasteiger partial charge >= 0.3 is 6.18 Å². The van der Waals surface area contributed by atoms with Gasteiger partial charge in [-0.3, -0.25) is 9.59 Å². The van der Waals surface area contributed by atoms with Gasteiger partial charge in [0.25, 0.3) is 5.91 Å². The van der Waals surface area contributed by atoms with E-state index in [1.165, 1.54) is 24.3 Å². The molecule has 0 aromatic heterocycles. The van der Waals surface area contributed by atoms with Crippen molar-refractivity contribution in [2.75, 3.05) is 19.7 Å². The van der Waals surface area contributed by atoms with Crippen molar-refractivity contribution >= 4 is 11.8 Å². The van der Waals surface area contributed by atoms with Crippen LogP contribution in [-0.4, -0.2) is 31.5 Å². The fraction of sp³-hybridized carbons (Fsp3) is 0.222. The highest BCUT2D eigenvalue weighted by Crippen LogP contribution is 2.31. The summed E-state index contributed by atoms with van der Waals surface area (Å²) in [6, 6.07) is 9.21. The number of hydrogen-bond donors (Lipinski definition) is 2. The number of alkyl halides is 3. The maximum Gasteiger partial charge on any atom is 0.416 e. The first-order valence-electron chi connectivity index (χ1n) is 7.86. The summed E-state index contributed by atoms with van der Waals surface area (Å²) in [6.45, 7) is -0.305. The van der Waals surface area contributed by atoms with Crippen LogP contribution in [0.5, 0.6) is 5.75 Å². The molecular formula is C18H16F4N2O3. The van der Waals surface area contributed by atoms with Gasteiger partial charge < -0.3 is 15.4 Å². The molecular weight excluding hydrogens is 368 g/mol. The number of carbonyl (C=O) groups excluding carboxylic acids is 2. The van der Waals surface area contributed by atoms with Gasteiger partial charge in [-0.15, -0.1) is 0 Å². The Morgan fingerprint density at radius 3 is 2.37 bits per heavy atom. The molecule has 0 saturated carbocycles. The molecule has 0 heterocycles. The lowest BCUT2D eigenvalue weighted by molar-refractivity contribution is -0.137. The largest absolute Gasteiger partial charge is 0.492 e. The Kier molecular flexibility index (Phi) is 6.75. The van der Waals surface area contributed by atoms with E-state index < -0.39 is 29.4 Å². The molecule has 2 rings (SSSR count). The average Bonchev–Trinajstić information content (AvgIpc) is 2.63. The molecule has 0 atom stereocenters. The van der Waals surface area contributed by atoms with Gasteiger partial charge in [-0.05, 0) is 42.5 Å². The van der Waals surface area contributed by atoms with E-state index in [0.29, 0.717) is 0 Å². The molecule has 0 aliphatic heterocycles. The predicted molar refractivity (Wildman–Crippen MR) is 88.7 cm³/mol. The molecule has 0 radical (unpaired) electrons. The lowest BCUT2D eigenvalue weighted by Gasteiger charge is -2.11. The van der Waals surface area contributed by atoms with Crippen molar-refractivity contribution < 1.29 is 31.9 Å². The lowest BCUT2D eigenvalue weighted by atomic mass is 10.2. The molecule has 0 aliphatic carbocycles. The number of amides is 2. The Balaban J connectivity index is 1.69. The van der Waals surface area contributed by atoms with Crippen LogP contribution in [0.3, 0.4) is 0 Å². The van der Waals surface area contributed by atoms with Crippen LogP contribution < -0.4 is 15.4 Å². The standard InChI is InChI=1S/C18H16F4N2O3/c19-14-6-4-12(5-7-14)17(26)24-11-16(25)23-8-9-27-15-3-1-2-13(10-15)18(20,21)22/h1-7,10H,8-9,11H2,(H,23,25)(H,24,26). The van der Waals surface area contributed by atoms with Crippen LogP contribution in [-0.2, 0) is 11.0 Å². The highest BCUT2D eigenvalue weighted by atomic mass is 19.4. The molecule has 0 spiro atoms. The fourth-order valence-corrected chi connectivity index (χ4v) is 2.05. The van der Waals surface area contributed by atoms with Crippen molar-refractivity contribution in [3.63, 3.8) is 0 Å². The molecule has 0 unspecified atom stereocenters. The number of hydrogen-bond acceptors (Lipinski definition) is 3. The van der Waals surface area contributed by atoms with E-state index in [4.69, 9.17) is 4.74 Å². The van der Waals surface area contributed by atoms with Gasteiger partial charge in [0, 0.05) is 5.56 Å². The van der Waals surface area contributed by atoms with Gasteiger partial charge in [0.1, 0.15) is 18.2 Å². The zero-order valence-electron chi connectivity index (χ0n) is 14.0.